The molecule has 0 aliphatic heterocycles. The number of rotatable bonds is 4. The molecule has 1 amide bonds. The summed E-state index contributed by atoms with van der Waals surface area (Å²) in [6.07, 6.45) is 1.74. The first-order chi connectivity index (χ1) is 5.95. The van der Waals surface area contributed by atoms with Crippen molar-refractivity contribution in [2.75, 3.05) is 13.1 Å². The molecule has 0 aromatic carbocycles. The number of carbonyl (C=O) groups is 1. The van der Waals surface area contributed by atoms with E-state index in [2.05, 4.69) is 10.6 Å². The van der Waals surface area contributed by atoms with Crippen LogP contribution in [0.3, 0.4) is 0 Å². The minimum atomic E-state index is -0.166. The molecule has 0 saturated heterocycles. The van der Waals surface area contributed by atoms with Crippen molar-refractivity contribution in [1.29, 1.82) is 0 Å². The molecule has 0 heterocycles. The van der Waals surface area contributed by atoms with Crippen molar-refractivity contribution in [2.24, 2.45) is 0 Å². The van der Waals surface area contributed by atoms with Gasteiger partial charge in [-0.2, -0.15) is 0 Å². The van der Waals surface area contributed by atoms with E-state index in [1.165, 1.54) is 5.54 Å². The third kappa shape index (κ3) is 9.37. The maximum Gasteiger partial charge on any atom is 0.234 e. The summed E-state index contributed by atoms with van der Waals surface area (Å²) in [5.74, 6) is -0.00419. The molecule has 76 valence electrons. The molecule has 2 N–H and O–H groups in total. The summed E-state index contributed by atoms with van der Waals surface area (Å²) in [6, 6.07) is 0. The van der Waals surface area contributed by atoms with Crippen molar-refractivity contribution in [3.63, 3.8) is 0 Å². The van der Waals surface area contributed by atoms with E-state index in [0.29, 0.717) is 13.1 Å². The van der Waals surface area contributed by atoms with Crippen molar-refractivity contribution in [3.8, 4) is 0 Å². The first-order valence-electron chi connectivity index (χ1n) is 4.22. The quantitative estimate of drug-likeness (QED) is 0.677. The van der Waals surface area contributed by atoms with Crippen molar-refractivity contribution in [1.82, 2.24) is 10.6 Å². The van der Waals surface area contributed by atoms with Gasteiger partial charge in [-0.1, -0.05) is 17.7 Å². The fourth-order valence-corrected chi connectivity index (χ4v) is 0.865. The molecule has 0 radical (unpaired) electrons. The maximum absolute atomic E-state index is 11.2. The minimum Gasteiger partial charge on any atom is -0.350 e. The number of nitrogens with one attached hydrogen (secondary N) is 2. The van der Waals surface area contributed by atoms with E-state index in [9.17, 15) is 4.79 Å². The average molecular weight is 205 g/mol. The number of halogens is 1. The van der Waals surface area contributed by atoms with Crippen LogP contribution in [0, 0.1) is 0 Å². The fourth-order valence-electron chi connectivity index (χ4n) is 0.776. The van der Waals surface area contributed by atoms with Gasteiger partial charge in [0.2, 0.25) is 5.91 Å². The monoisotopic (exact) mass is 204 g/mol. The van der Waals surface area contributed by atoms with Crippen LogP contribution in [0.1, 0.15) is 20.8 Å². The highest BCUT2D eigenvalue weighted by Crippen LogP contribution is 1.96. The molecule has 0 fully saturated rings. The molecule has 13 heavy (non-hydrogen) atoms. The smallest absolute Gasteiger partial charge is 0.234 e. The molecule has 0 atom stereocenters. The zero-order valence-electron chi connectivity index (χ0n) is 8.36. The summed E-state index contributed by atoms with van der Waals surface area (Å²) in [5, 5.41) is 5.76. The Morgan fingerprint density at radius 1 is 1.46 bits per heavy atom. The SMILES string of the molecule is CC(C)(C)NC(=O)CNC/C=C/Cl. The van der Waals surface area contributed by atoms with E-state index in [1.807, 2.05) is 20.8 Å². The van der Waals surface area contributed by atoms with Gasteiger partial charge in [-0.25, -0.2) is 0 Å². The van der Waals surface area contributed by atoms with Crippen molar-refractivity contribution < 1.29 is 4.79 Å². The van der Waals surface area contributed by atoms with Crippen LogP contribution < -0.4 is 10.6 Å². The van der Waals surface area contributed by atoms with Gasteiger partial charge in [-0.05, 0) is 20.8 Å². The molecule has 0 unspecified atom stereocenters. The largest absolute Gasteiger partial charge is 0.350 e. The van der Waals surface area contributed by atoms with Crippen molar-refractivity contribution >= 4 is 17.5 Å². The van der Waals surface area contributed by atoms with Crippen LogP contribution in [0.15, 0.2) is 11.6 Å². The number of carbonyl (C=O) groups excluding carboxylic acids is 1. The Hall–Kier alpha value is -0.540. The molecule has 0 aromatic rings. The zero-order valence-corrected chi connectivity index (χ0v) is 9.11. The maximum atomic E-state index is 11.2. The summed E-state index contributed by atoms with van der Waals surface area (Å²) in [7, 11) is 0. The summed E-state index contributed by atoms with van der Waals surface area (Å²) in [6.45, 7) is 6.77. The van der Waals surface area contributed by atoms with Gasteiger partial charge in [0.1, 0.15) is 0 Å². The van der Waals surface area contributed by atoms with Crippen LogP contribution in [0.4, 0.5) is 0 Å². The molecular formula is C9H17ClN2O. The Kier molecular flexibility index (Phi) is 5.75. The Bertz CT molecular complexity index is 185. The highest BCUT2D eigenvalue weighted by molar-refractivity contribution is 6.25. The van der Waals surface area contributed by atoms with Crippen molar-refractivity contribution in [3.05, 3.63) is 11.6 Å². The molecule has 0 rings (SSSR count). The lowest BCUT2D eigenvalue weighted by atomic mass is 10.1. The standard InChI is InChI=1S/C9H17ClN2O/c1-9(2,3)12-8(13)7-11-6-4-5-10/h4-5,11H,6-7H2,1-3H3,(H,12,13)/b5-4+. The number of amides is 1. The lowest BCUT2D eigenvalue weighted by Gasteiger charge is -2.20. The molecular weight excluding hydrogens is 188 g/mol. The normalized spacial score (nSPS) is 12.0. The van der Waals surface area contributed by atoms with Crippen LogP contribution in [-0.2, 0) is 4.79 Å². The summed E-state index contributed by atoms with van der Waals surface area (Å²) in [5.41, 5.74) is 1.26. The molecule has 3 nitrogen and oxygen atoms in total. The molecule has 0 spiro atoms. The third-order valence-corrected chi connectivity index (χ3v) is 1.33. The second-order valence-electron chi connectivity index (χ2n) is 3.79. The van der Waals surface area contributed by atoms with Crippen molar-refractivity contribution in [2.45, 2.75) is 26.3 Å². The predicted molar refractivity (Wildman–Crippen MR) is 55.8 cm³/mol. The highest BCUT2D eigenvalue weighted by atomic mass is 35.5. The van der Waals surface area contributed by atoms with Gasteiger partial charge in [0, 0.05) is 17.6 Å². The Balaban J connectivity index is 3.52. The van der Waals surface area contributed by atoms with E-state index in [-0.39, 0.29) is 11.4 Å². The van der Waals surface area contributed by atoms with Crippen LogP contribution in [-0.4, -0.2) is 24.5 Å². The van der Waals surface area contributed by atoms with Gasteiger partial charge in [0.15, 0.2) is 0 Å². The van der Waals surface area contributed by atoms with Crippen LogP contribution in [0.2, 0.25) is 0 Å². The number of hydrogen-bond donors (Lipinski definition) is 2. The lowest BCUT2D eigenvalue weighted by molar-refractivity contribution is -0.121. The van der Waals surface area contributed by atoms with E-state index in [4.69, 9.17) is 11.6 Å². The van der Waals surface area contributed by atoms with E-state index in [1.54, 1.807) is 6.08 Å². The molecule has 4 heteroatoms. The number of hydrogen-bond acceptors (Lipinski definition) is 2. The highest BCUT2D eigenvalue weighted by Gasteiger charge is 2.12. The topological polar surface area (TPSA) is 41.1 Å². The van der Waals surface area contributed by atoms with E-state index < -0.39 is 0 Å². The predicted octanol–water partition coefficient (Wildman–Crippen LogP) is 1.24. The summed E-state index contributed by atoms with van der Waals surface area (Å²) < 4.78 is 0. The average Bonchev–Trinajstić information content (AvgIpc) is 1.94. The Labute approximate surface area is 84.5 Å². The minimum absolute atomic E-state index is 0.00419. The Morgan fingerprint density at radius 2 is 2.08 bits per heavy atom. The van der Waals surface area contributed by atoms with Gasteiger partial charge >= 0.3 is 0 Å². The van der Waals surface area contributed by atoms with Gasteiger partial charge in [-0.15, -0.1) is 0 Å². The Morgan fingerprint density at radius 3 is 2.54 bits per heavy atom. The summed E-state index contributed by atoms with van der Waals surface area (Å²) >= 11 is 5.30. The first-order valence-corrected chi connectivity index (χ1v) is 4.66. The molecule has 0 saturated carbocycles. The second-order valence-corrected chi connectivity index (χ2v) is 4.04. The van der Waals surface area contributed by atoms with Gasteiger partial charge < -0.3 is 10.6 Å². The van der Waals surface area contributed by atoms with Gasteiger partial charge in [0.25, 0.3) is 0 Å². The molecule has 0 aromatic heterocycles. The van der Waals surface area contributed by atoms with Gasteiger partial charge in [0.05, 0.1) is 6.54 Å². The van der Waals surface area contributed by atoms with E-state index >= 15 is 0 Å². The summed E-state index contributed by atoms with van der Waals surface area (Å²) in [4.78, 5) is 11.2. The zero-order chi connectivity index (χ0) is 10.3. The lowest BCUT2D eigenvalue weighted by Crippen LogP contribution is -2.44. The third-order valence-electron chi connectivity index (χ3n) is 1.15. The van der Waals surface area contributed by atoms with Crippen LogP contribution in [0.5, 0.6) is 0 Å². The fraction of sp³-hybridized carbons (Fsp3) is 0.667. The van der Waals surface area contributed by atoms with Crippen LogP contribution in [0.25, 0.3) is 0 Å². The molecule has 0 aliphatic rings. The molecule has 0 bridgehead atoms. The molecule has 0 aliphatic carbocycles. The van der Waals surface area contributed by atoms with E-state index in [0.717, 1.165) is 0 Å². The van der Waals surface area contributed by atoms with Crippen LogP contribution >= 0.6 is 11.6 Å². The van der Waals surface area contributed by atoms with Gasteiger partial charge in [-0.3, -0.25) is 4.79 Å². The second kappa shape index (κ2) is 6.00. The first kappa shape index (κ1) is 12.5.